The number of phenols is 1. The molecule has 2 aliphatic heterocycles. The maximum absolute atomic E-state index is 13.1. The number of thioether (sulfide) groups is 1. The highest BCUT2D eigenvalue weighted by atomic mass is 32.2. The lowest BCUT2D eigenvalue weighted by Crippen LogP contribution is -2.70. The Kier molecular flexibility index (Phi) is 6.49. The lowest BCUT2D eigenvalue weighted by molar-refractivity contribution is -0.161. The van der Waals surface area contributed by atoms with Crippen molar-refractivity contribution in [1.29, 1.82) is 0 Å². The van der Waals surface area contributed by atoms with Crippen LogP contribution in [0.2, 0.25) is 0 Å². The molecule has 2 saturated heterocycles. The number of aliphatic imine (C=N–C) groups is 1. The Balaban J connectivity index is 1.82. The van der Waals surface area contributed by atoms with E-state index >= 15 is 0 Å². The summed E-state index contributed by atoms with van der Waals surface area (Å²) >= 11 is 1.32. The predicted molar refractivity (Wildman–Crippen MR) is 116 cm³/mol. The molecule has 2 heterocycles. The number of rotatable bonds is 7. The highest BCUT2D eigenvalue weighted by molar-refractivity contribution is 8.01. The lowest BCUT2D eigenvalue weighted by Gasteiger charge is -2.43. The molecule has 0 aliphatic carbocycles. The van der Waals surface area contributed by atoms with E-state index in [2.05, 4.69) is 15.0 Å². The van der Waals surface area contributed by atoms with Crippen LogP contribution in [0.3, 0.4) is 0 Å². The molecular formula is C21H25N3O7S. The van der Waals surface area contributed by atoms with Gasteiger partial charge in [0.1, 0.15) is 23.2 Å². The maximum Gasteiger partial charge on any atom is 0.327 e. The summed E-state index contributed by atoms with van der Waals surface area (Å²) in [5, 5.41) is 21.3. The van der Waals surface area contributed by atoms with Crippen LogP contribution in [0.5, 0.6) is 5.75 Å². The number of hydrogen-bond donors (Lipinski definition) is 3. The summed E-state index contributed by atoms with van der Waals surface area (Å²) in [5.74, 6) is -2.63. The van der Waals surface area contributed by atoms with Gasteiger partial charge in [-0.15, -0.1) is 11.8 Å². The minimum Gasteiger partial charge on any atom is -0.508 e. The number of methoxy groups -OCH3 is 1. The molecule has 0 bridgehead atoms. The number of phenolic OH excluding ortho intramolecular Hbond substituents is 1. The van der Waals surface area contributed by atoms with Crippen LogP contribution in [0, 0.1) is 0 Å². The molecule has 172 valence electrons. The second kappa shape index (κ2) is 8.81. The van der Waals surface area contributed by atoms with Crippen molar-refractivity contribution in [1.82, 2.24) is 10.2 Å². The number of ether oxygens (including phenoxy) is 1. The molecule has 2 fully saturated rings. The van der Waals surface area contributed by atoms with Crippen LogP contribution in [0.4, 0.5) is 0 Å². The zero-order chi connectivity index (χ0) is 23.8. The molecule has 1 aromatic rings. The number of carbonyl (C=O) groups excluding carboxylic acids is 3. The van der Waals surface area contributed by atoms with Gasteiger partial charge >= 0.3 is 11.9 Å². The second-order valence-electron chi connectivity index (χ2n) is 8.20. The molecule has 0 saturated carbocycles. The van der Waals surface area contributed by atoms with E-state index in [1.54, 1.807) is 20.8 Å². The van der Waals surface area contributed by atoms with Gasteiger partial charge in [-0.25, -0.2) is 4.79 Å². The predicted octanol–water partition coefficient (Wildman–Crippen LogP) is 1.09. The molecule has 11 heteroatoms. The van der Waals surface area contributed by atoms with Crippen molar-refractivity contribution in [3.05, 3.63) is 29.8 Å². The van der Waals surface area contributed by atoms with Gasteiger partial charge in [0.15, 0.2) is 6.04 Å². The Morgan fingerprint density at radius 1 is 1.28 bits per heavy atom. The Bertz CT molecular complexity index is 976. The van der Waals surface area contributed by atoms with Crippen LogP contribution in [0.15, 0.2) is 29.3 Å². The fourth-order valence-electron chi connectivity index (χ4n) is 3.87. The molecule has 1 aromatic carbocycles. The molecule has 0 spiro atoms. The standard InChI is InChI=1S/C21H25N3O7S/c1-10(9-13(26)31-4)22-14(11-5-7-12(25)8-6-11)17(27)23-15-18(28)24-16(20(29)30)21(2,3)32-19(15)24/h5-8,14-16,19,25H,9H2,1-4H3,(H,23,27)(H,29,30)/t14?,15-,16+,19-/m1/s1. The van der Waals surface area contributed by atoms with E-state index in [1.807, 2.05) is 0 Å². The quantitative estimate of drug-likeness (QED) is 0.309. The van der Waals surface area contributed by atoms with Crippen molar-refractivity contribution >= 4 is 41.2 Å². The number of fused-ring (bicyclic) bond motifs is 1. The van der Waals surface area contributed by atoms with E-state index in [0.29, 0.717) is 11.3 Å². The maximum atomic E-state index is 13.1. The molecule has 4 atom stereocenters. The Morgan fingerprint density at radius 3 is 2.47 bits per heavy atom. The van der Waals surface area contributed by atoms with Crippen LogP contribution >= 0.6 is 11.8 Å². The largest absolute Gasteiger partial charge is 0.508 e. The number of hydrogen-bond acceptors (Lipinski definition) is 8. The molecule has 32 heavy (non-hydrogen) atoms. The normalized spacial score (nSPS) is 24.9. The number of nitrogens with one attached hydrogen (secondary N) is 1. The van der Waals surface area contributed by atoms with Gasteiger partial charge in [-0.2, -0.15) is 0 Å². The third kappa shape index (κ3) is 4.43. The van der Waals surface area contributed by atoms with Crippen LogP contribution in [0.1, 0.15) is 38.8 Å². The SMILES string of the molecule is COC(=O)CC(C)=NC(C(=O)N[C@@H]1C(=O)N2[C@@H]1SC(C)(C)[C@@H]2C(=O)O)c1ccc(O)cc1. The molecular weight excluding hydrogens is 438 g/mol. The van der Waals surface area contributed by atoms with Gasteiger partial charge in [-0.1, -0.05) is 12.1 Å². The van der Waals surface area contributed by atoms with Gasteiger partial charge in [-0.3, -0.25) is 19.4 Å². The van der Waals surface area contributed by atoms with E-state index in [1.165, 1.54) is 48.0 Å². The monoisotopic (exact) mass is 463 g/mol. The number of amides is 2. The number of β-lactam (4-membered cyclic amide) rings is 1. The van der Waals surface area contributed by atoms with Gasteiger partial charge in [0.2, 0.25) is 11.8 Å². The molecule has 3 N–H and O–H groups in total. The minimum absolute atomic E-state index is 0.0114. The fourth-order valence-corrected chi connectivity index (χ4v) is 5.49. The number of carboxylic acid groups (broad SMARTS) is 1. The van der Waals surface area contributed by atoms with E-state index < -0.39 is 52.0 Å². The lowest BCUT2D eigenvalue weighted by atomic mass is 9.95. The first-order valence-electron chi connectivity index (χ1n) is 9.88. The van der Waals surface area contributed by atoms with E-state index in [4.69, 9.17) is 0 Å². The zero-order valence-corrected chi connectivity index (χ0v) is 18.9. The van der Waals surface area contributed by atoms with Crippen molar-refractivity contribution in [2.75, 3.05) is 7.11 Å². The van der Waals surface area contributed by atoms with Crippen molar-refractivity contribution in [3.63, 3.8) is 0 Å². The van der Waals surface area contributed by atoms with E-state index in [0.717, 1.165) is 0 Å². The second-order valence-corrected chi connectivity index (χ2v) is 9.97. The first-order chi connectivity index (χ1) is 15.0. The van der Waals surface area contributed by atoms with Crippen molar-refractivity contribution < 1.29 is 34.1 Å². The first-order valence-corrected chi connectivity index (χ1v) is 10.8. The Morgan fingerprint density at radius 2 is 1.91 bits per heavy atom. The number of carbonyl (C=O) groups is 4. The molecule has 2 amide bonds. The summed E-state index contributed by atoms with van der Waals surface area (Å²) in [6.45, 7) is 5.09. The zero-order valence-electron chi connectivity index (χ0n) is 18.1. The van der Waals surface area contributed by atoms with Crippen LogP contribution in [-0.2, 0) is 23.9 Å². The number of aliphatic carboxylic acids is 1. The van der Waals surface area contributed by atoms with Gasteiger partial charge in [0, 0.05) is 10.5 Å². The van der Waals surface area contributed by atoms with Gasteiger partial charge in [-0.05, 0) is 38.5 Å². The van der Waals surface area contributed by atoms with Gasteiger partial charge in [0.25, 0.3) is 0 Å². The number of aromatic hydroxyl groups is 1. The number of esters is 1. The summed E-state index contributed by atoms with van der Waals surface area (Å²) in [5.41, 5.74) is 0.810. The molecule has 1 unspecified atom stereocenters. The average molecular weight is 464 g/mol. The third-order valence-electron chi connectivity index (χ3n) is 5.41. The van der Waals surface area contributed by atoms with E-state index in [-0.39, 0.29) is 12.2 Å². The van der Waals surface area contributed by atoms with Crippen LogP contribution < -0.4 is 5.32 Å². The fraction of sp³-hybridized carbons (Fsp3) is 0.476. The summed E-state index contributed by atoms with van der Waals surface area (Å²) < 4.78 is 3.92. The smallest absolute Gasteiger partial charge is 0.327 e. The minimum atomic E-state index is -1.09. The summed E-state index contributed by atoms with van der Waals surface area (Å²) in [6, 6.07) is 2.93. The van der Waals surface area contributed by atoms with Crippen molar-refractivity contribution in [2.45, 2.75) is 55.4 Å². The highest BCUT2D eigenvalue weighted by Gasteiger charge is 2.64. The average Bonchev–Trinajstić information content (AvgIpc) is 2.98. The first kappa shape index (κ1) is 23.6. The van der Waals surface area contributed by atoms with Crippen LogP contribution in [-0.4, -0.2) is 73.9 Å². The molecule has 0 radical (unpaired) electrons. The summed E-state index contributed by atoms with van der Waals surface area (Å²) in [4.78, 5) is 54.7. The number of benzene rings is 1. The highest BCUT2D eigenvalue weighted by Crippen LogP contribution is 2.50. The number of nitrogens with zero attached hydrogens (tertiary/aromatic N) is 2. The van der Waals surface area contributed by atoms with Gasteiger partial charge < -0.3 is 25.2 Å². The molecule has 10 nitrogen and oxygen atoms in total. The van der Waals surface area contributed by atoms with Crippen molar-refractivity contribution in [2.24, 2.45) is 4.99 Å². The third-order valence-corrected chi connectivity index (χ3v) is 6.98. The summed E-state index contributed by atoms with van der Waals surface area (Å²) in [7, 11) is 1.25. The molecule has 2 aliphatic rings. The number of carboxylic acids is 1. The van der Waals surface area contributed by atoms with Gasteiger partial charge in [0.05, 0.1) is 13.5 Å². The molecule has 0 aromatic heterocycles. The van der Waals surface area contributed by atoms with E-state index in [9.17, 15) is 29.4 Å². The van der Waals surface area contributed by atoms with Crippen molar-refractivity contribution in [3.8, 4) is 5.75 Å². The Labute approximate surface area is 189 Å². The molecule has 3 rings (SSSR count). The Hall–Kier alpha value is -3.08. The van der Waals surface area contributed by atoms with Crippen LogP contribution in [0.25, 0.3) is 0 Å². The summed E-state index contributed by atoms with van der Waals surface area (Å²) in [6.07, 6.45) is -0.110. The topological polar surface area (TPSA) is 146 Å².